The molecule has 0 fully saturated rings. The first kappa shape index (κ1) is 14.5. The summed E-state index contributed by atoms with van der Waals surface area (Å²) in [5.41, 5.74) is 7.37. The molecule has 1 aromatic carbocycles. The largest absolute Gasteiger partial charge is 0.379 e. The Morgan fingerprint density at radius 3 is 2.67 bits per heavy atom. The number of benzene rings is 1. The van der Waals surface area contributed by atoms with Crippen LogP contribution in [0.4, 0.5) is 0 Å². The van der Waals surface area contributed by atoms with Crippen LogP contribution in [0.3, 0.4) is 0 Å². The van der Waals surface area contributed by atoms with E-state index in [4.69, 9.17) is 11.1 Å². The van der Waals surface area contributed by atoms with Gasteiger partial charge in [0.1, 0.15) is 0 Å². The van der Waals surface area contributed by atoms with Crippen molar-refractivity contribution in [2.45, 2.75) is 12.7 Å². The van der Waals surface area contributed by atoms with Gasteiger partial charge in [-0.1, -0.05) is 29.5 Å². The van der Waals surface area contributed by atoms with Crippen molar-refractivity contribution in [3.63, 3.8) is 0 Å². The number of aromatic nitrogens is 4. The SMILES string of the molecule is Cc1ccc(-n2nnnc2CSC(=N)N)cc1.Cl. The Kier molecular flexibility index (Phi) is 5.11. The van der Waals surface area contributed by atoms with Crippen LogP contribution in [0.5, 0.6) is 0 Å². The van der Waals surface area contributed by atoms with E-state index in [1.54, 1.807) is 4.68 Å². The molecule has 0 radical (unpaired) electrons. The number of amidine groups is 1. The van der Waals surface area contributed by atoms with Crippen LogP contribution in [0, 0.1) is 12.3 Å². The molecule has 3 N–H and O–H groups in total. The molecule has 18 heavy (non-hydrogen) atoms. The molecule has 1 aromatic heterocycles. The minimum Gasteiger partial charge on any atom is -0.379 e. The maximum Gasteiger partial charge on any atom is 0.167 e. The first-order valence-corrected chi connectivity index (χ1v) is 5.96. The van der Waals surface area contributed by atoms with Crippen LogP contribution < -0.4 is 5.73 Å². The Morgan fingerprint density at radius 2 is 2.06 bits per heavy atom. The highest BCUT2D eigenvalue weighted by molar-refractivity contribution is 8.13. The monoisotopic (exact) mass is 284 g/mol. The summed E-state index contributed by atoms with van der Waals surface area (Å²) < 4.78 is 1.65. The molecule has 0 saturated carbocycles. The van der Waals surface area contributed by atoms with Gasteiger partial charge in [0, 0.05) is 0 Å². The Balaban J connectivity index is 0.00000162. The number of nitrogens with zero attached hydrogens (tertiary/aromatic N) is 4. The van der Waals surface area contributed by atoms with E-state index in [0.717, 1.165) is 5.69 Å². The van der Waals surface area contributed by atoms with Crippen LogP contribution in [0.2, 0.25) is 0 Å². The van der Waals surface area contributed by atoms with Crippen LogP contribution in [0.25, 0.3) is 5.69 Å². The smallest absolute Gasteiger partial charge is 0.167 e. The number of tetrazole rings is 1. The second kappa shape index (κ2) is 6.36. The summed E-state index contributed by atoms with van der Waals surface area (Å²) >= 11 is 1.20. The average Bonchev–Trinajstić information content (AvgIpc) is 2.75. The lowest BCUT2D eigenvalue weighted by molar-refractivity contribution is 0.777. The van der Waals surface area contributed by atoms with Gasteiger partial charge in [-0.3, -0.25) is 5.41 Å². The number of aryl methyl sites for hydroxylation is 1. The van der Waals surface area contributed by atoms with E-state index in [1.807, 2.05) is 31.2 Å². The lowest BCUT2D eigenvalue weighted by atomic mass is 10.2. The molecule has 0 atom stereocenters. The topological polar surface area (TPSA) is 93.5 Å². The summed E-state index contributed by atoms with van der Waals surface area (Å²) in [6.07, 6.45) is 0. The van der Waals surface area contributed by atoms with E-state index >= 15 is 0 Å². The van der Waals surface area contributed by atoms with Crippen molar-refractivity contribution in [1.82, 2.24) is 20.2 Å². The molecule has 6 nitrogen and oxygen atoms in total. The molecule has 96 valence electrons. The second-order valence-corrected chi connectivity index (χ2v) is 4.51. The number of rotatable bonds is 3. The number of nitrogens with one attached hydrogen (secondary N) is 1. The van der Waals surface area contributed by atoms with Crippen molar-refractivity contribution < 1.29 is 0 Å². The van der Waals surface area contributed by atoms with E-state index < -0.39 is 0 Å². The highest BCUT2D eigenvalue weighted by Gasteiger charge is 2.08. The zero-order chi connectivity index (χ0) is 12.3. The zero-order valence-corrected chi connectivity index (χ0v) is 11.3. The van der Waals surface area contributed by atoms with E-state index in [0.29, 0.717) is 11.6 Å². The van der Waals surface area contributed by atoms with Crippen molar-refractivity contribution >= 4 is 29.3 Å². The van der Waals surface area contributed by atoms with E-state index in [-0.39, 0.29) is 17.6 Å². The van der Waals surface area contributed by atoms with Gasteiger partial charge < -0.3 is 5.73 Å². The zero-order valence-electron chi connectivity index (χ0n) is 9.70. The number of thioether (sulfide) groups is 1. The van der Waals surface area contributed by atoms with Gasteiger partial charge in [0.15, 0.2) is 11.0 Å². The predicted molar refractivity (Wildman–Crippen MR) is 74.3 cm³/mol. The van der Waals surface area contributed by atoms with Crippen LogP contribution in [0.1, 0.15) is 11.4 Å². The van der Waals surface area contributed by atoms with Gasteiger partial charge in [-0.05, 0) is 29.5 Å². The lowest BCUT2D eigenvalue weighted by Crippen LogP contribution is -2.07. The van der Waals surface area contributed by atoms with Crippen molar-refractivity contribution in [3.05, 3.63) is 35.7 Å². The number of nitrogens with two attached hydrogens (primary N) is 1. The van der Waals surface area contributed by atoms with Crippen LogP contribution >= 0.6 is 24.2 Å². The maximum atomic E-state index is 7.16. The standard InChI is InChI=1S/C10H12N6S.ClH/c1-7-2-4-8(5-3-7)16-9(13-14-15-16)6-17-10(11)12;/h2-5H,6H2,1H3,(H3,11,12);1H. The number of halogens is 1. The van der Waals surface area contributed by atoms with E-state index in [1.165, 1.54) is 17.3 Å². The Labute approximate surface area is 115 Å². The summed E-state index contributed by atoms with van der Waals surface area (Å²) in [6, 6.07) is 7.90. The third-order valence-electron chi connectivity index (χ3n) is 2.17. The molecule has 0 spiro atoms. The lowest BCUT2D eigenvalue weighted by Gasteiger charge is -2.04. The number of hydrogen-bond donors (Lipinski definition) is 2. The van der Waals surface area contributed by atoms with Gasteiger partial charge in [-0.15, -0.1) is 17.5 Å². The maximum absolute atomic E-state index is 7.16. The molecule has 2 rings (SSSR count). The van der Waals surface area contributed by atoms with Crippen molar-refractivity contribution in [2.75, 3.05) is 0 Å². The first-order valence-electron chi connectivity index (χ1n) is 4.98. The quantitative estimate of drug-likeness (QED) is 0.658. The third kappa shape index (κ3) is 3.44. The van der Waals surface area contributed by atoms with Gasteiger partial charge in [-0.2, -0.15) is 4.68 Å². The fraction of sp³-hybridized carbons (Fsp3) is 0.200. The molecular formula is C10H13ClN6S. The molecule has 1 heterocycles. The third-order valence-corrected chi connectivity index (χ3v) is 2.88. The molecule has 0 unspecified atom stereocenters. The average molecular weight is 285 g/mol. The Bertz CT molecular complexity index is 523. The molecule has 0 aliphatic carbocycles. The summed E-state index contributed by atoms with van der Waals surface area (Å²) in [4.78, 5) is 0. The minimum absolute atomic E-state index is 0. The van der Waals surface area contributed by atoms with Crippen LogP contribution in [-0.4, -0.2) is 25.4 Å². The highest BCUT2D eigenvalue weighted by Crippen LogP contribution is 2.13. The van der Waals surface area contributed by atoms with E-state index in [9.17, 15) is 0 Å². The van der Waals surface area contributed by atoms with Crippen LogP contribution in [-0.2, 0) is 5.75 Å². The predicted octanol–water partition coefficient (Wildman–Crippen LogP) is 1.52. The molecule has 8 heteroatoms. The normalized spacial score (nSPS) is 9.83. The molecule has 0 aliphatic rings. The molecule has 0 saturated heterocycles. The number of hydrogen-bond acceptors (Lipinski definition) is 5. The first-order chi connectivity index (χ1) is 8.16. The Hall–Kier alpha value is -1.60. The minimum atomic E-state index is 0. The summed E-state index contributed by atoms with van der Waals surface area (Å²) in [5, 5.41) is 18.7. The fourth-order valence-corrected chi connectivity index (χ4v) is 1.79. The summed E-state index contributed by atoms with van der Waals surface area (Å²) in [6.45, 7) is 2.02. The van der Waals surface area contributed by atoms with Gasteiger partial charge in [0.25, 0.3) is 0 Å². The molecular weight excluding hydrogens is 272 g/mol. The van der Waals surface area contributed by atoms with E-state index in [2.05, 4.69) is 15.5 Å². The highest BCUT2D eigenvalue weighted by atomic mass is 35.5. The second-order valence-electron chi connectivity index (χ2n) is 3.50. The Morgan fingerprint density at radius 1 is 1.39 bits per heavy atom. The molecule has 0 aliphatic heterocycles. The molecule has 0 bridgehead atoms. The van der Waals surface area contributed by atoms with Crippen molar-refractivity contribution in [2.24, 2.45) is 5.73 Å². The van der Waals surface area contributed by atoms with Crippen molar-refractivity contribution in [1.29, 1.82) is 5.41 Å². The van der Waals surface area contributed by atoms with Gasteiger partial charge in [-0.25, -0.2) is 0 Å². The summed E-state index contributed by atoms with van der Waals surface area (Å²) in [5.74, 6) is 1.16. The van der Waals surface area contributed by atoms with Gasteiger partial charge >= 0.3 is 0 Å². The van der Waals surface area contributed by atoms with Crippen molar-refractivity contribution in [3.8, 4) is 5.69 Å². The molecule has 2 aromatic rings. The van der Waals surface area contributed by atoms with Crippen LogP contribution in [0.15, 0.2) is 24.3 Å². The molecule has 0 amide bonds. The van der Waals surface area contributed by atoms with Gasteiger partial charge in [0.2, 0.25) is 0 Å². The summed E-state index contributed by atoms with van der Waals surface area (Å²) in [7, 11) is 0. The van der Waals surface area contributed by atoms with Gasteiger partial charge in [0.05, 0.1) is 11.4 Å². The fourth-order valence-electron chi connectivity index (χ4n) is 1.32.